The van der Waals surface area contributed by atoms with Crippen LogP contribution in [0.15, 0.2) is 70.4 Å². The summed E-state index contributed by atoms with van der Waals surface area (Å²) in [4.78, 5) is 12.1. The molecule has 7 nitrogen and oxygen atoms in total. The minimum absolute atomic E-state index is 0.0642. The average Bonchev–Trinajstić information content (AvgIpc) is 3.19. The van der Waals surface area contributed by atoms with Crippen molar-refractivity contribution in [3.05, 3.63) is 87.7 Å². The molecule has 4 aromatic rings. The molecule has 36 heavy (non-hydrogen) atoms. The lowest BCUT2D eigenvalue weighted by atomic mass is 9.97. The van der Waals surface area contributed by atoms with E-state index in [0.717, 1.165) is 4.68 Å². The van der Waals surface area contributed by atoms with Crippen LogP contribution in [0.5, 0.6) is 5.75 Å². The first-order valence-corrected chi connectivity index (χ1v) is 12.3. The van der Waals surface area contributed by atoms with Crippen molar-refractivity contribution in [2.24, 2.45) is 14.1 Å². The van der Waals surface area contributed by atoms with Gasteiger partial charge in [-0.3, -0.25) is 0 Å². The first kappa shape index (κ1) is 27.4. The molecule has 3 heterocycles. The monoisotopic (exact) mass is 530 g/mol. The van der Waals surface area contributed by atoms with Crippen LogP contribution in [0.1, 0.15) is 40.5 Å². The highest BCUT2D eigenvalue weighted by Crippen LogP contribution is 2.33. The fourth-order valence-corrected chi connectivity index (χ4v) is 3.65. The Kier molecular flexibility index (Phi) is 8.59. The number of aromatic nitrogens is 4. The maximum atomic E-state index is 12.1. The van der Waals surface area contributed by atoms with Crippen molar-refractivity contribution in [1.82, 2.24) is 9.78 Å². The predicted octanol–water partition coefficient (Wildman–Crippen LogP) is 5.22. The Labute approximate surface area is 221 Å². The molecule has 9 heteroatoms. The molecule has 0 aliphatic heterocycles. The SMILES string of the molecule is CC(C)Oc1cc(-n2nc(C(C)(C)C)oc2=O)c(Cl)cc1Cl.C[n+]1ccc(-c2cc[n+](C)cc2)cc1. The predicted molar refractivity (Wildman–Crippen MR) is 141 cm³/mol. The molecule has 0 saturated heterocycles. The molecule has 0 fully saturated rings. The van der Waals surface area contributed by atoms with Crippen LogP contribution >= 0.6 is 23.2 Å². The number of halogens is 2. The van der Waals surface area contributed by atoms with Crippen LogP contribution in [0.25, 0.3) is 16.8 Å². The highest BCUT2D eigenvalue weighted by atomic mass is 35.5. The molecule has 0 aliphatic rings. The maximum absolute atomic E-state index is 12.1. The molecule has 190 valence electrons. The Morgan fingerprint density at radius 3 is 1.83 bits per heavy atom. The Morgan fingerprint density at radius 1 is 0.917 bits per heavy atom. The summed E-state index contributed by atoms with van der Waals surface area (Å²) in [5.41, 5.74) is 2.49. The topological polar surface area (TPSA) is 65.0 Å². The van der Waals surface area contributed by atoms with Crippen LogP contribution < -0.4 is 19.6 Å². The minimum atomic E-state index is -0.607. The summed E-state index contributed by atoms with van der Waals surface area (Å²) in [6.07, 6.45) is 8.17. The molecule has 0 saturated carbocycles. The number of rotatable bonds is 4. The molecule has 0 amide bonds. The third-order valence-electron chi connectivity index (χ3n) is 5.07. The number of aryl methyl sites for hydroxylation is 2. The van der Waals surface area contributed by atoms with E-state index in [1.54, 1.807) is 6.07 Å². The summed E-state index contributed by atoms with van der Waals surface area (Å²) in [6, 6.07) is 11.6. The Bertz CT molecular complexity index is 1330. The van der Waals surface area contributed by atoms with Crippen LogP contribution in [0.2, 0.25) is 10.0 Å². The van der Waals surface area contributed by atoms with Gasteiger partial charge in [0, 0.05) is 35.7 Å². The van der Waals surface area contributed by atoms with Crippen molar-refractivity contribution >= 4 is 23.2 Å². The summed E-state index contributed by atoms with van der Waals surface area (Å²) in [7, 11) is 4.05. The van der Waals surface area contributed by atoms with Gasteiger partial charge < -0.3 is 9.15 Å². The third-order valence-corrected chi connectivity index (χ3v) is 5.67. The molecular weight excluding hydrogens is 499 g/mol. The zero-order valence-corrected chi connectivity index (χ0v) is 23.1. The van der Waals surface area contributed by atoms with E-state index in [-0.39, 0.29) is 16.5 Å². The standard InChI is InChI=1S/C15H18Cl2N2O3.C12H14N2/c1-8(2)21-12-7-11(9(16)6-10(12)17)19-14(20)22-13(18-19)15(3,4)5;1-13-7-3-11(4-8-13)12-5-9-14(2)10-6-12/h6-8H,1-5H3;3-10H,1-2H3/q;+2. The van der Waals surface area contributed by atoms with E-state index in [2.05, 4.69) is 54.2 Å². The van der Waals surface area contributed by atoms with Gasteiger partial charge in [-0.05, 0) is 31.0 Å². The lowest BCUT2D eigenvalue weighted by molar-refractivity contribution is -0.671. The van der Waals surface area contributed by atoms with Crippen molar-refractivity contribution < 1.29 is 18.3 Å². The average molecular weight is 531 g/mol. The normalized spacial score (nSPS) is 11.3. The van der Waals surface area contributed by atoms with Gasteiger partial charge in [0.2, 0.25) is 5.89 Å². The lowest BCUT2D eigenvalue weighted by Gasteiger charge is -2.13. The van der Waals surface area contributed by atoms with Crippen molar-refractivity contribution in [2.45, 2.75) is 46.1 Å². The minimum Gasteiger partial charge on any atom is -0.489 e. The fraction of sp³-hybridized carbons (Fsp3) is 0.333. The van der Waals surface area contributed by atoms with Gasteiger partial charge >= 0.3 is 5.76 Å². The Morgan fingerprint density at radius 2 is 1.42 bits per heavy atom. The number of pyridine rings is 2. The van der Waals surface area contributed by atoms with Crippen LogP contribution in [0.4, 0.5) is 0 Å². The molecule has 0 radical (unpaired) electrons. The largest absolute Gasteiger partial charge is 0.489 e. The molecule has 0 atom stereocenters. The van der Waals surface area contributed by atoms with Gasteiger partial charge in [-0.1, -0.05) is 44.0 Å². The van der Waals surface area contributed by atoms with Gasteiger partial charge in [-0.25, -0.2) is 13.9 Å². The highest BCUT2D eigenvalue weighted by Gasteiger charge is 2.24. The van der Waals surface area contributed by atoms with Gasteiger partial charge in [0.15, 0.2) is 24.8 Å². The molecule has 0 bridgehead atoms. The van der Waals surface area contributed by atoms with E-state index in [1.165, 1.54) is 17.2 Å². The van der Waals surface area contributed by atoms with Gasteiger partial charge in [-0.2, -0.15) is 4.68 Å². The van der Waals surface area contributed by atoms with Crippen molar-refractivity contribution in [3.8, 4) is 22.6 Å². The maximum Gasteiger partial charge on any atom is 0.442 e. The first-order chi connectivity index (χ1) is 16.8. The summed E-state index contributed by atoms with van der Waals surface area (Å²) in [5, 5.41) is 4.88. The number of hydrogen-bond acceptors (Lipinski definition) is 4. The van der Waals surface area contributed by atoms with Gasteiger partial charge in [-0.15, -0.1) is 5.10 Å². The molecule has 0 aliphatic carbocycles. The number of ether oxygens (including phenoxy) is 1. The number of benzene rings is 1. The van der Waals surface area contributed by atoms with Crippen LogP contribution in [-0.2, 0) is 19.5 Å². The zero-order chi connectivity index (χ0) is 26.6. The fourth-order valence-electron chi connectivity index (χ4n) is 3.15. The number of hydrogen-bond donors (Lipinski definition) is 0. The molecule has 4 rings (SSSR count). The Hall–Kier alpha value is -3.16. The van der Waals surface area contributed by atoms with E-state index in [0.29, 0.717) is 22.4 Å². The second-order valence-electron chi connectivity index (χ2n) is 9.74. The van der Waals surface area contributed by atoms with Crippen LogP contribution in [0, 0.1) is 0 Å². The number of nitrogens with zero attached hydrogens (tertiary/aromatic N) is 4. The smallest absolute Gasteiger partial charge is 0.442 e. The van der Waals surface area contributed by atoms with Gasteiger partial charge in [0.05, 0.1) is 21.8 Å². The molecule has 0 unspecified atom stereocenters. The zero-order valence-electron chi connectivity index (χ0n) is 21.6. The van der Waals surface area contributed by atoms with Gasteiger partial charge in [0.1, 0.15) is 19.8 Å². The van der Waals surface area contributed by atoms with Crippen LogP contribution in [-0.4, -0.2) is 15.9 Å². The molecule has 3 aromatic heterocycles. The molecule has 0 spiro atoms. The molecule has 0 N–H and O–H groups in total. The van der Waals surface area contributed by atoms with E-state index in [1.807, 2.05) is 57.8 Å². The Balaban J connectivity index is 0.000000221. The first-order valence-electron chi connectivity index (χ1n) is 11.5. The summed E-state index contributed by atoms with van der Waals surface area (Å²) in [6.45, 7) is 9.47. The second kappa shape index (κ2) is 11.3. The van der Waals surface area contributed by atoms with Gasteiger partial charge in [0.25, 0.3) is 0 Å². The summed E-state index contributed by atoms with van der Waals surface area (Å²) < 4.78 is 16.0. The highest BCUT2D eigenvalue weighted by molar-refractivity contribution is 6.36. The molecular formula is C27H32Cl2N4O3+2. The lowest BCUT2D eigenvalue weighted by Crippen LogP contribution is -2.26. The molecule has 1 aromatic carbocycles. The van der Waals surface area contributed by atoms with E-state index in [9.17, 15) is 4.79 Å². The van der Waals surface area contributed by atoms with Crippen molar-refractivity contribution in [3.63, 3.8) is 0 Å². The summed E-state index contributed by atoms with van der Waals surface area (Å²) >= 11 is 12.3. The summed E-state index contributed by atoms with van der Waals surface area (Å²) in [5.74, 6) is 0.155. The van der Waals surface area contributed by atoms with Crippen molar-refractivity contribution in [2.75, 3.05) is 0 Å². The second-order valence-corrected chi connectivity index (χ2v) is 10.6. The van der Waals surface area contributed by atoms with Crippen LogP contribution in [0.3, 0.4) is 0 Å². The van der Waals surface area contributed by atoms with E-state index >= 15 is 0 Å². The van der Waals surface area contributed by atoms with Crippen molar-refractivity contribution in [1.29, 1.82) is 0 Å². The van der Waals surface area contributed by atoms with E-state index < -0.39 is 5.76 Å². The van der Waals surface area contributed by atoms with E-state index in [4.69, 9.17) is 32.4 Å². The third kappa shape index (κ3) is 6.95. The quantitative estimate of drug-likeness (QED) is 0.339.